The molecule has 0 aliphatic carbocycles. The topological polar surface area (TPSA) is 168 Å². The number of rotatable bonds is 12. The van der Waals surface area contributed by atoms with Gasteiger partial charge >= 0.3 is 5.97 Å². The smallest absolute Gasteiger partial charge is 0.335 e. The fourth-order valence-electron chi connectivity index (χ4n) is 4.77. The van der Waals surface area contributed by atoms with Crippen LogP contribution in [0.15, 0.2) is 138 Å². The molecule has 0 spiro atoms. The normalized spacial score (nSPS) is 11.6. The highest BCUT2D eigenvalue weighted by molar-refractivity contribution is 8.00. The van der Waals surface area contributed by atoms with E-state index >= 15 is 0 Å². The van der Waals surface area contributed by atoms with Crippen molar-refractivity contribution in [2.24, 2.45) is 0 Å². The van der Waals surface area contributed by atoms with Gasteiger partial charge < -0.3 is 21.1 Å². The van der Waals surface area contributed by atoms with Crippen LogP contribution in [-0.2, 0) is 9.59 Å². The molecule has 0 saturated carbocycles. The lowest BCUT2D eigenvalue weighted by Gasteiger charge is -2.19. The van der Waals surface area contributed by atoms with Gasteiger partial charge in [0, 0.05) is 34.0 Å². The largest absolute Gasteiger partial charge is 0.478 e. The van der Waals surface area contributed by atoms with Gasteiger partial charge in [0.2, 0.25) is 5.91 Å². The van der Waals surface area contributed by atoms with E-state index < -0.39 is 28.0 Å². The van der Waals surface area contributed by atoms with Crippen LogP contribution in [0.4, 0.5) is 17.1 Å². The maximum Gasteiger partial charge on any atom is 0.335 e. The molecule has 5 aromatic rings. The summed E-state index contributed by atoms with van der Waals surface area (Å²) in [4.78, 5) is 63.1. The molecule has 250 valence electrons. The van der Waals surface area contributed by atoms with E-state index in [1.165, 1.54) is 54.2 Å². The van der Waals surface area contributed by atoms with E-state index in [0.29, 0.717) is 38.5 Å². The minimum atomic E-state index is -1.11. The van der Waals surface area contributed by atoms with Crippen LogP contribution in [0.25, 0.3) is 6.08 Å². The molecule has 50 heavy (non-hydrogen) atoms. The van der Waals surface area contributed by atoms with Gasteiger partial charge in [-0.05, 0) is 84.3 Å². The number of carboxylic acid groups (broad SMARTS) is 1. The highest BCUT2D eigenvalue weighted by Crippen LogP contribution is 2.37. The Hall–Kier alpha value is -6.53. The van der Waals surface area contributed by atoms with Crippen molar-refractivity contribution in [2.45, 2.75) is 17.1 Å². The average molecular weight is 687 g/mol. The molecule has 5 aromatic carbocycles. The number of carbonyl (C=O) groups excluding carboxylic acids is 3. The molecule has 4 N–H and O–H groups in total. The van der Waals surface area contributed by atoms with Crippen LogP contribution in [0.5, 0.6) is 0 Å². The third-order valence-electron chi connectivity index (χ3n) is 7.37. The maximum atomic E-state index is 13.7. The number of aryl methyl sites for hydroxylation is 1. The number of amides is 3. The van der Waals surface area contributed by atoms with E-state index in [0.717, 1.165) is 0 Å². The Morgan fingerprint density at radius 3 is 2.12 bits per heavy atom. The summed E-state index contributed by atoms with van der Waals surface area (Å²) in [7, 11) is 0. The molecular weight excluding hydrogens is 657 g/mol. The van der Waals surface area contributed by atoms with Crippen LogP contribution in [0.1, 0.15) is 42.7 Å². The summed E-state index contributed by atoms with van der Waals surface area (Å²) in [5, 5.41) is 28.1. The number of nitro groups is 1. The quantitative estimate of drug-likeness (QED) is 0.0453. The molecular formula is C38H30N4O7S. The second kappa shape index (κ2) is 16.0. The molecule has 11 nitrogen and oxygen atoms in total. The van der Waals surface area contributed by atoms with Crippen molar-refractivity contribution in [3.05, 3.63) is 171 Å². The molecule has 0 heterocycles. The first kappa shape index (κ1) is 34.8. The number of benzene rings is 5. The predicted molar refractivity (Wildman–Crippen MR) is 192 cm³/mol. The number of carbonyl (C=O) groups is 4. The first-order valence-electron chi connectivity index (χ1n) is 15.2. The van der Waals surface area contributed by atoms with Crippen molar-refractivity contribution < 1.29 is 29.2 Å². The lowest BCUT2D eigenvalue weighted by atomic mass is 10.1. The Morgan fingerprint density at radius 2 is 1.46 bits per heavy atom. The number of thioether (sulfide) groups is 1. The van der Waals surface area contributed by atoms with E-state index in [-0.39, 0.29) is 22.9 Å². The average Bonchev–Trinajstić information content (AvgIpc) is 3.12. The van der Waals surface area contributed by atoms with Crippen molar-refractivity contribution in [1.29, 1.82) is 0 Å². The van der Waals surface area contributed by atoms with Gasteiger partial charge in [0.05, 0.1) is 10.5 Å². The lowest BCUT2D eigenvalue weighted by molar-refractivity contribution is -0.384. The third kappa shape index (κ3) is 9.08. The van der Waals surface area contributed by atoms with Crippen LogP contribution in [0.2, 0.25) is 0 Å². The fraction of sp³-hybridized carbons (Fsp3) is 0.0526. The molecule has 0 radical (unpaired) electrons. The number of anilines is 2. The molecule has 0 aliphatic heterocycles. The number of carboxylic acids is 1. The molecule has 0 fully saturated rings. The maximum absolute atomic E-state index is 13.7. The monoisotopic (exact) mass is 686 g/mol. The van der Waals surface area contributed by atoms with Gasteiger partial charge in [-0.3, -0.25) is 24.5 Å². The van der Waals surface area contributed by atoms with Gasteiger partial charge in [0.1, 0.15) is 10.9 Å². The Labute approximate surface area is 291 Å². The Balaban J connectivity index is 1.39. The Kier molecular flexibility index (Phi) is 11.2. The number of aromatic carboxylic acids is 1. The van der Waals surface area contributed by atoms with Crippen molar-refractivity contribution >= 4 is 58.6 Å². The fourth-order valence-corrected chi connectivity index (χ4v) is 5.86. The summed E-state index contributed by atoms with van der Waals surface area (Å²) in [5.74, 6) is -2.67. The predicted octanol–water partition coefficient (Wildman–Crippen LogP) is 7.48. The Morgan fingerprint density at radius 1 is 0.780 bits per heavy atom. The first-order chi connectivity index (χ1) is 24.1. The zero-order valence-corrected chi connectivity index (χ0v) is 27.3. The van der Waals surface area contributed by atoms with E-state index in [4.69, 9.17) is 0 Å². The molecule has 3 amide bonds. The minimum Gasteiger partial charge on any atom is -0.478 e. The molecule has 0 aliphatic rings. The van der Waals surface area contributed by atoms with Gasteiger partial charge in [-0.2, -0.15) is 0 Å². The highest BCUT2D eigenvalue weighted by Gasteiger charge is 2.24. The summed E-state index contributed by atoms with van der Waals surface area (Å²) < 4.78 is 0. The highest BCUT2D eigenvalue weighted by atomic mass is 32.2. The number of non-ortho nitro benzene ring substituents is 1. The van der Waals surface area contributed by atoms with E-state index in [1.807, 2.05) is 30.3 Å². The SMILES string of the molecule is Cc1ccc(C(=O)O)cc1NC(=O)C(Sc1cccc(NC(=O)/C(=C\c2ccc([N+](=O)[O-])cc2)NC(=O)c2ccccc2)c1)c1ccccc1. The minimum absolute atomic E-state index is 0.0419. The summed E-state index contributed by atoms with van der Waals surface area (Å²) in [5.41, 5.74) is 2.73. The molecule has 5 rings (SSSR count). The van der Waals surface area contributed by atoms with Crippen LogP contribution >= 0.6 is 11.8 Å². The molecule has 1 unspecified atom stereocenters. The van der Waals surface area contributed by atoms with Gasteiger partial charge in [-0.1, -0.05) is 60.7 Å². The van der Waals surface area contributed by atoms with E-state index in [9.17, 15) is 34.4 Å². The summed E-state index contributed by atoms with van der Waals surface area (Å²) in [6.07, 6.45) is 1.41. The summed E-state index contributed by atoms with van der Waals surface area (Å²) in [6.45, 7) is 1.77. The second-order valence-electron chi connectivity index (χ2n) is 10.9. The van der Waals surface area contributed by atoms with E-state index in [2.05, 4.69) is 16.0 Å². The number of hydrogen-bond acceptors (Lipinski definition) is 7. The molecule has 0 aromatic heterocycles. The standard InChI is InChI=1S/C38H30N4O7S/c1-24-15-18-28(38(46)47)22-32(24)40-37(45)34(26-9-4-2-5-10-26)50-31-14-8-13-29(23-31)39-36(44)33(41-35(43)27-11-6-3-7-12-27)21-25-16-19-30(20-17-25)42(48)49/h2-23,34H,1H3,(H,39,44)(H,40,45)(H,41,43)(H,46,47)/b33-21+. The molecule has 12 heteroatoms. The van der Waals surface area contributed by atoms with Crippen LogP contribution in [-0.4, -0.2) is 33.7 Å². The van der Waals surface area contributed by atoms with Gasteiger partial charge in [0.15, 0.2) is 0 Å². The molecule has 1 atom stereocenters. The van der Waals surface area contributed by atoms with Crippen LogP contribution < -0.4 is 16.0 Å². The van der Waals surface area contributed by atoms with Gasteiger partial charge in [-0.25, -0.2) is 4.79 Å². The first-order valence-corrected chi connectivity index (χ1v) is 16.1. The molecule has 0 bridgehead atoms. The zero-order chi connectivity index (χ0) is 35.6. The lowest BCUT2D eigenvalue weighted by Crippen LogP contribution is -2.30. The van der Waals surface area contributed by atoms with Crippen molar-refractivity contribution in [3.63, 3.8) is 0 Å². The van der Waals surface area contributed by atoms with Crippen LogP contribution in [0, 0.1) is 17.0 Å². The second-order valence-corrected chi connectivity index (χ2v) is 12.1. The van der Waals surface area contributed by atoms with Gasteiger partial charge in [-0.15, -0.1) is 11.8 Å². The number of hydrogen-bond donors (Lipinski definition) is 4. The van der Waals surface area contributed by atoms with E-state index in [1.54, 1.807) is 67.6 Å². The van der Waals surface area contributed by atoms with Crippen LogP contribution in [0.3, 0.4) is 0 Å². The third-order valence-corrected chi connectivity index (χ3v) is 8.62. The van der Waals surface area contributed by atoms with Crippen molar-refractivity contribution in [3.8, 4) is 0 Å². The zero-order valence-electron chi connectivity index (χ0n) is 26.5. The number of nitrogens with zero attached hydrogens (tertiary/aromatic N) is 1. The van der Waals surface area contributed by atoms with Crippen molar-refractivity contribution in [2.75, 3.05) is 10.6 Å². The molecule has 0 saturated heterocycles. The number of nitro benzene ring substituents is 1. The number of nitrogens with one attached hydrogen (secondary N) is 3. The van der Waals surface area contributed by atoms with Gasteiger partial charge in [0.25, 0.3) is 17.5 Å². The summed E-state index contributed by atoms with van der Waals surface area (Å²) >= 11 is 1.23. The summed E-state index contributed by atoms with van der Waals surface area (Å²) in [6, 6.07) is 34.3. The Bertz CT molecular complexity index is 2090. The van der Waals surface area contributed by atoms with Crippen molar-refractivity contribution in [1.82, 2.24) is 5.32 Å².